The molecule has 1 aliphatic heterocycles. The number of rotatable bonds is 5. The molecule has 0 saturated carbocycles. The summed E-state index contributed by atoms with van der Waals surface area (Å²) >= 11 is 1.26. The number of aromatic nitrogens is 2. The van der Waals surface area contributed by atoms with Crippen LogP contribution in [-0.4, -0.2) is 31.7 Å². The SMILES string of the molecule is Cc1nc(C)c(C(=O)C2=C(O)C(=O)N(Cc3ccccc3)C2c2cccnc2)s1. The summed E-state index contributed by atoms with van der Waals surface area (Å²) in [6.45, 7) is 3.84. The minimum atomic E-state index is -0.717. The molecule has 0 radical (unpaired) electrons. The maximum absolute atomic E-state index is 13.4. The predicted octanol–water partition coefficient (Wildman–Crippen LogP) is 3.93. The number of carbonyl (C=O) groups excluding carboxylic acids is 2. The number of aliphatic hydroxyl groups excluding tert-OH is 1. The molecular formula is C22H19N3O3S. The van der Waals surface area contributed by atoms with E-state index in [1.54, 1.807) is 31.5 Å². The Bertz CT molecular complexity index is 1110. The first kappa shape index (κ1) is 19.0. The van der Waals surface area contributed by atoms with Crippen LogP contribution in [0, 0.1) is 13.8 Å². The standard InChI is InChI=1S/C22H19N3O3S/c1-13-21(29-14(2)24-13)19(26)17-18(16-9-6-10-23-11-16)25(22(28)20(17)27)12-15-7-4-3-5-8-15/h3-11,18,27H,12H2,1-2H3. The van der Waals surface area contributed by atoms with Crippen LogP contribution >= 0.6 is 11.3 Å². The van der Waals surface area contributed by atoms with Gasteiger partial charge in [-0.25, -0.2) is 4.98 Å². The van der Waals surface area contributed by atoms with Gasteiger partial charge in [-0.3, -0.25) is 14.6 Å². The summed E-state index contributed by atoms with van der Waals surface area (Å²) in [6, 6.07) is 12.3. The molecule has 0 spiro atoms. The monoisotopic (exact) mass is 405 g/mol. The molecule has 1 aromatic carbocycles. The lowest BCUT2D eigenvalue weighted by Gasteiger charge is -2.26. The second kappa shape index (κ2) is 7.60. The van der Waals surface area contributed by atoms with Gasteiger partial charge in [0.1, 0.15) is 0 Å². The van der Waals surface area contributed by atoms with E-state index in [0.717, 1.165) is 10.6 Å². The number of ketones is 1. The lowest BCUT2D eigenvalue weighted by Crippen LogP contribution is -2.30. The fourth-order valence-corrected chi connectivity index (χ4v) is 4.45. The molecule has 1 amide bonds. The van der Waals surface area contributed by atoms with Crippen LogP contribution in [0.1, 0.15) is 37.5 Å². The molecule has 6 nitrogen and oxygen atoms in total. The highest BCUT2D eigenvalue weighted by Gasteiger charge is 2.44. The van der Waals surface area contributed by atoms with Gasteiger partial charge in [-0.2, -0.15) is 0 Å². The van der Waals surface area contributed by atoms with Gasteiger partial charge in [0, 0.05) is 18.9 Å². The zero-order valence-electron chi connectivity index (χ0n) is 16.0. The summed E-state index contributed by atoms with van der Waals surface area (Å²) in [6.07, 6.45) is 3.25. The van der Waals surface area contributed by atoms with Gasteiger partial charge in [-0.05, 0) is 31.0 Å². The Morgan fingerprint density at radius 2 is 1.93 bits per heavy atom. The Kier molecular flexibility index (Phi) is 4.98. The highest BCUT2D eigenvalue weighted by molar-refractivity contribution is 7.14. The number of benzene rings is 1. The van der Waals surface area contributed by atoms with Crippen LogP contribution < -0.4 is 0 Å². The Morgan fingerprint density at radius 3 is 2.55 bits per heavy atom. The second-order valence-electron chi connectivity index (χ2n) is 6.85. The molecule has 2 aromatic heterocycles. The lowest BCUT2D eigenvalue weighted by molar-refractivity contribution is -0.130. The average Bonchev–Trinajstić information content (AvgIpc) is 3.19. The van der Waals surface area contributed by atoms with Crippen LogP contribution in [-0.2, 0) is 11.3 Å². The van der Waals surface area contributed by atoms with Gasteiger partial charge in [0.15, 0.2) is 5.76 Å². The Labute approximate surface area is 172 Å². The van der Waals surface area contributed by atoms with Gasteiger partial charge in [0.05, 0.1) is 27.2 Å². The highest BCUT2D eigenvalue weighted by Crippen LogP contribution is 2.40. The molecular weight excluding hydrogens is 386 g/mol. The summed E-state index contributed by atoms with van der Waals surface area (Å²) in [5.74, 6) is -1.45. The maximum Gasteiger partial charge on any atom is 0.290 e. The molecule has 146 valence electrons. The number of hydrogen-bond acceptors (Lipinski definition) is 6. The first-order chi connectivity index (χ1) is 14.0. The third-order valence-electron chi connectivity index (χ3n) is 4.85. The van der Waals surface area contributed by atoms with Crippen molar-refractivity contribution in [3.8, 4) is 0 Å². The smallest absolute Gasteiger partial charge is 0.290 e. The quantitative estimate of drug-likeness (QED) is 0.650. The van der Waals surface area contributed by atoms with Crippen molar-refractivity contribution >= 4 is 23.0 Å². The number of pyridine rings is 1. The fourth-order valence-electron chi connectivity index (χ4n) is 3.58. The van der Waals surface area contributed by atoms with Crippen LogP contribution in [0.2, 0.25) is 0 Å². The van der Waals surface area contributed by atoms with Crippen LogP contribution in [0.3, 0.4) is 0 Å². The summed E-state index contributed by atoms with van der Waals surface area (Å²) in [5.41, 5.74) is 2.24. The van der Waals surface area contributed by atoms with Crippen molar-refractivity contribution in [1.82, 2.24) is 14.9 Å². The van der Waals surface area contributed by atoms with E-state index in [2.05, 4.69) is 9.97 Å². The van der Waals surface area contributed by atoms with Gasteiger partial charge >= 0.3 is 0 Å². The number of nitrogens with zero attached hydrogens (tertiary/aromatic N) is 3. The molecule has 0 aliphatic carbocycles. The predicted molar refractivity (Wildman–Crippen MR) is 110 cm³/mol. The van der Waals surface area contributed by atoms with E-state index in [0.29, 0.717) is 16.1 Å². The van der Waals surface area contributed by atoms with Crippen molar-refractivity contribution in [3.05, 3.63) is 92.9 Å². The topological polar surface area (TPSA) is 83.4 Å². The van der Waals surface area contributed by atoms with E-state index < -0.39 is 17.7 Å². The third kappa shape index (κ3) is 3.45. The fraction of sp³-hybridized carbons (Fsp3) is 0.182. The number of aryl methyl sites for hydroxylation is 2. The minimum absolute atomic E-state index is 0.0747. The van der Waals surface area contributed by atoms with E-state index in [9.17, 15) is 14.7 Å². The van der Waals surface area contributed by atoms with E-state index >= 15 is 0 Å². The molecule has 0 bridgehead atoms. The van der Waals surface area contributed by atoms with Crippen molar-refractivity contribution in [1.29, 1.82) is 0 Å². The summed E-state index contributed by atoms with van der Waals surface area (Å²) in [7, 11) is 0. The van der Waals surface area contributed by atoms with E-state index in [-0.39, 0.29) is 17.9 Å². The first-order valence-electron chi connectivity index (χ1n) is 9.14. The van der Waals surface area contributed by atoms with Crippen LogP contribution in [0.4, 0.5) is 0 Å². The molecule has 0 saturated heterocycles. The Balaban J connectivity index is 1.81. The third-order valence-corrected chi connectivity index (χ3v) is 5.93. The van der Waals surface area contributed by atoms with Crippen molar-refractivity contribution in [2.24, 2.45) is 0 Å². The number of aliphatic hydroxyl groups is 1. The zero-order valence-corrected chi connectivity index (χ0v) is 16.8. The van der Waals surface area contributed by atoms with Gasteiger partial charge in [-0.1, -0.05) is 36.4 Å². The first-order valence-corrected chi connectivity index (χ1v) is 9.95. The largest absolute Gasteiger partial charge is 0.503 e. The van der Waals surface area contributed by atoms with E-state index in [1.165, 1.54) is 16.2 Å². The highest BCUT2D eigenvalue weighted by atomic mass is 32.1. The Hall–Kier alpha value is -3.32. The van der Waals surface area contributed by atoms with Crippen LogP contribution in [0.25, 0.3) is 0 Å². The molecule has 7 heteroatoms. The number of Topliss-reactive ketones (excluding diaryl/α,β-unsaturated/α-hetero) is 1. The molecule has 3 heterocycles. The number of carbonyl (C=O) groups is 2. The molecule has 1 aliphatic rings. The number of hydrogen-bond donors (Lipinski definition) is 1. The molecule has 1 atom stereocenters. The zero-order chi connectivity index (χ0) is 20.5. The van der Waals surface area contributed by atoms with E-state index in [4.69, 9.17) is 0 Å². The van der Waals surface area contributed by atoms with Crippen LogP contribution in [0.15, 0.2) is 66.2 Å². The summed E-state index contributed by atoms with van der Waals surface area (Å²) in [5, 5.41) is 11.5. The molecule has 4 rings (SSSR count). The average molecular weight is 405 g/mol. The van der Waals surface area contributed by atoms with Crippen molar-refractivity contribution in [2.75, 3.05) is 0 Å². The van der Waals surface area contributed by atoms with E-state index in [1.807, 2.05) is 37.3 Å². The maximum atomic E-state index is 13.4. The van der Waals surface area contributed by atoms with Gasteiger partial charge in [0.25, 0.3) is 5.91 Å². The Morgan fingerprint density at radius 1 is 1.17 bits per heavy atom. The summed E-state index contributed by atoms with van der Waals surface area (Å²) in [4.78, 5) is 36.7. The van der Waals surface area contributed by atoms with Gasteiger partial charge < -0.3 is 10.0 Å². The second-order valence-corrected chi connectivity index (χ2v) is 8.05. The molecule has 29 heavy (non-hydrogen) atoms. The molecule has 1 N–H and O–H groups in total. The van der Waals surface area contributed by atoms with Crippen LogP contribution in [0.5, 0.6) is 0 Å². The van der Waals surface area contributed by atoms with Crippen molar-refractivity contribution < 1.29 is 14.7 Å². The van der Waals surface area contributed by atoms with Crippen molar-refractivity contribution in [3.63, 3.8) is 0 Å². The molecule has 0 fully saturated rings. The summed E-state index contributed by atoms with van der Waals surface area (Å²) < 4.78 is 0. The normalized spacial score (nSPS) is 16.6. The molecule has 1 unspecified atom stereocenters. The van der Waals surface area contributed by atoms with Gasteiger partial charge in [-0.15, -0.1) is 11.3 Å². The number of amides is 1. The minimum Gasteiger partial charge on any atom is -0.503 e. The van der Waals surface area contributed by atoms with Crippen molar-refractivity contribution in [2.45, 2.75) is 26.4 Å². The number of thiazole rings is 1. The van der Waals surface area contributed by atoms with Gasteiger partial charge in [0.2, 0.25) is 5.78 Å². The molecule has 3 aromatic rings. The lowest BCUT2D eigenvalue weighted by atomic mass is 9.96.